The second kappa shape index (κ2) is 6.88. The van der Waals surface area contributed by atoms with E-state index in [0.717, 1.165) is 22.8 Å². The van der Waals surface area contributed by atoms with Crippen LogP contribution in [0.4, 0.5) is 0 Å². The number of rotatable bonds is 5. The summed E-state index contributed by atoms with van der Waals surface area (Å²) < 4.78 is 6.69. The number of thiophene rings is 1. The number of hydrogen-bond donors (Lipinski definition) is 1. The van der Waals surface area contributed by atoms with Crippen LogP contribution in [0.25, 0.3) is 5.69 Å². The molecule has 24 heavy (non-hydrogen) atoms. The number of nitrogens with one attached hydrogen (secondary N) is 1. The Morgan fingerprint density at radius 1 is 1.29 bits per heavy atom. The normalized spacial score (nSPS) is 11.7. The lowest BCUT2D eigenvalue weighted by molar-refractivity contribution is 0.414. The van der Waals surface area contributed by atoms with Crippen LogP contribution < -0.4 is 10.3 Å². The molecule has 1 N–H and O–H groups in total. The Kier molecular flexibility index (Phi) is 4.66. The van der Waals surface area contributed by atoms with Gasteiger partial charge in [-0.1, -0.05) is 6.07 Å². The van der Waals surface area contributed by atoms with Crippen LogP contribution in [0.1, 0.15) is 23.1 Å². The predicted octanol–water partition coefficient (Wildman–Crippen LogP) is 3.55. The first-order valence-electron chi connectivity index (χ1n) is 7.60. The predicted molar refractivity (Wildman–Crippen MR) is 97.9 cm³/mol. The fraction of sp³-hybridized carbons (Fsp3) is 0.222. The second-order valence-corrected chi connectivity index (χ2v) is 6.46. The van der Waals surface area contributed by atoms with Gasteiger partial charge in [-0.15, -0.1) is 11.3 Å². The Morgan fingerprint density at radius 2 is 2.04 bits per heavy atom. The number of methoxy groups -OCH3 is 1. The largest absolute Gasteiger partial charge is 0.497 e. The molecule has 0 spiro atoms. The van der Waals surface area contributed by atoms with E-state index in [2.05, 4.69) is 10.1 Å². The SMILES string of the molecule is COc1ccc(-n2[nH]c(C)c(C(C)=NCc3cccs3)c2=O)cc1. The minimum atomic E-state index is -0.0925. The third kappa shape index (κ3) is 3.19. The van der Waals surface area contributed by atoms with Crippen LogP contribution in [0.15, 0.2) is 51.6 Å². The van der Waals surface area contributed by atoms with Crippen molar-refractivity contribution in [1.82, 2.24) is 9.78 Å². The van der Waals surface area contributed by atoms with Crippen molar-refractivity contribution in [1.29, 1.82) is 0 Å². The number of aromatic nitrogens is 2. The quantitative estimate of drug-likeness (QED) is 0.722. The van der Waals surface area contributed by atoms with Crippen molar-refractivity contribution in [3.05, 3.63) is 68.3 Å². The van der Waals surface area contributed by atoms with Gasteiger partial charge in [-0.25, -0.2) is 4.68 Å². The maximum atomic E-state index is 12.8. The molecule has 0 aliphatic heterocycles. The fourth-order valence-corrected chi connectivity index (χ4v) is 3.19. The van der Waals surface area contributed by atoms with Gasteiger partial charge in [0.05, 0.1) is 24.9 Å². The molecule has 0 fully saturated rings. The molecule has 2 aromatic heterocycles. The molecule has 0 bridgehead atoms. The third-order valence-corrected chi connectivity index (χ3v) is 4.68. The second-order valence-electron chi connectivity index (χ2n) is 5.43. The van der Waals surface area contributed by atoms with E-state index in [0.29, 0.717) is 12.1 Å². The number of benzene rings is 1. The van der Waals surface area contributed by atoms with Crippen molar-refractivity contribution >= 4 is 17.0 Å². The van der Waals surface area contributed by atoms with E-state index in [-0.39, 0.29) is 5.56 Å². The summed E-state index contributed by atoms with van der Waals surface area (Å²) in [6.45, 7) is 4.36. The molecule has 0 atom stereocenters. The molecular weight excluding hydrogens is 322 g/mol. The van der Waals surface area contributed by atoms with E-state index in [4.69, 9.17) is 4.74 Å². The monoisotopic (exact) mass is 341 g/mol. The summed E-state index contributed by atoms with van der Waals surface area (Å²) in [4.78, 5) is 18.5. The van der Waals surface area contributed by atoms with Crippen LogP contribution >= 0.6 is 11.3 Å². The zero-order valence-corrected chi connectivity index (χ0v) is 14.7. The molecule has 0 aliphatic rings. The number of H-pyrrole nitrogens is 1. The molecule has 6 heteroatoms. The Bertz CT molecular complexity index is 903. The summed E-state index contributed by atoms with van der Waals surface area (Å²) in [7, 11) is 1.62. The first-order valence-corrected chi connectivity index (χ1v) is 8.48. The highest BCUT2D eigenvalue weighted by Gasteiger charge is 2.15. The molecule has 0 aliphatic carbocycles. The molecule has 124 valence electrons. The number of aromatic amines is 1. The van der Waals surface area contributed by atoms with Crippen LogP contribution in [0, 0.1) is 6.92 Å². The van der Waals surface area contributed by atoms with Crippen LogP contribution in [-0.4, -0.2) is 22.6 Å². The summed E-state index contributed by atoms with van der Waals surface area (Å²) in [5.74, 6) is 0.754. The lowest BCUT2D eigenvalue weighted by Gasteiger charge is -2.03. The van der Waals surface area contributed by atoms with E-state index in [1.165, 1.54) is 9.56 Å². The Hall–Kier alpha value is -2.60. The smallest absolute Gasteiger partial charge is 0.280 e. The number of aliphatic imine (C=N–C) groups is 1. The maximum absolute atomic E-state index is 12.8. The average molecular weight is 341 g/mol. The van der Waals surface area contributed by atoms with Crippen molar-refractivity contribution in [3.63, 3.8) is 0 Å². The first kappa shape index (κ1) is 16.3. The summed E-state index contributed by atoms with van der Waals surface area (Å²) in [6.07, 6.45) is 0. The molecule has 0 amide bonds. The molecule has 3 aromatic rings. The molecule has 0 radical (unpaired) electrons. The van der Waals surface area contributed by atoms with E-state index in [1.807, 2.05) is 55.6 Å². The van der Waals surface area contributed by atoms with Crippen molar-refractivity contribution < 1.29 is 4.74 Å². The van der Waals surface area contributed by atoms with Crippen LogP contribution in [-0.2, 0) is 6.54 Å². The summed E-state index contributed by atoms with van der Waals surface area (Å²) in [5, 5.41) is 5.15. The highest BCUT2D eigenvalue weighted by molar-refractivity contribution is 7.09. The van der Waals surface area contributed by atoms with E-state index >= 15 is 0 Å². The number of ether oxygens (including phenoxy) is 1. The molecule has 0 saturated carbocycles. The van der Waals surface area contributed by atoms with E-state index in [9.17, 15) is 4.79 Å². The van der Waals surface area contributed by atoms with Gasteiger partial charge in [0.15, 0.2) is 0 Å². The topological polar surface area (TPSA) is 59.4 Å². The van der Waals surface area contributed by atoms with Crippen molar-refractivity contribution in [2.45, 2.75) is 20.4 Å². The Balaban J connectivity index is 1.93. The van der Waals surface area contributed by atoms with Crippen LogP contribution in [0.3, 0.4) is 0 Å². The number of hydrogen-bond acceptors (Lipinski definition) is 4. The summed E-state index contributed by atoms with van der Waals surface area (Å²) >= 11 is 1.66. The number of nitrogens with zero attached hydrogens (tertiary/aromatic N) is 2. The van der Waals surface area contributed by atoms with E-state index in [1.54, 1.807) is 18.4 Å². The minimum absolute atomic E-state index is 0.0925. The van der Waals surface area contributed by atoms with Gasteiger partial charge in [0, 0.05) is 16.3 Å². The summed E-state index contributed by atoms with van der Waals surface area (Å²) in [5.41, 5.74) is 2.85. The highest BCUT2D eigenvalue weighted by atomic mass is 32.1. The van der Waals surface area contributed by atoms with Gasteiger partial charge in [0.1, 0.15) is 5.75 Å². The maximum Gasteiger partial charge on any atom is 0.280 e. The van der Waals surface area contributed by atoms with Crippen LogP contribution in [0.5, 0.6) is 5.75 Å². The lowest BCUT2D eigenvalue weighted by atomic mass is 10.2. The average Bonchev–Trinajstić information content (AvgIpc) is 3.21. The van der Waals surface area contributed by atoms with Crippen molar-refractivity contribution in [2.75, 3.05) is 7.11 Å². The zero-order valence-electron chi connectivity index (χ0n) is 13.9. The first-order chi connectivity index (χ1) is 11.6. The molecule has 0 unspecified atom stereocenters. The highest BCUT2D eigenvalue weighted by Crippen LogP contribution is 2.15. The molecule has 0 saturated heterocycles. The minimum Gasteiger partial charge on any atom is -0.497 e. The lowest BCUT2D eigenvalue weighted by Crippen LogP contribution is -2.19. The fourth-order valence-electron chi connectivity index (χ4n) is 2.56. The van der Waals surface area contributed by atoms with Gasteiger partial charge in [-0.2, -0.15) is 0 Å². The Morgan fingerprint density at radius 3 is 2.67 bits per heavy atom. The molecular formula is C18H19N3O2S. The van der Waals surface area contributed by atoms with Gasteiger partial charge in [0.25, 0.3) is 5.56 Å². The molecule has 2 heterocycles. The van der Waals surface area contributed by atoms with Gasteiger partial charge >= 0.3 is 0 Å². The van der Waals surface area contributed by atoms with Gasteiger partial charge in [0.2, 0.25) is 0 Å². The summed E-state index contributed by atoms with van der Waals surface area (Å²) in [6, 6.07) is 11.4. The zero-order chi connectivity index (χ0) is 17.1. The standard InChI is InChI=1S/C18H19N3O2S/c1-12(19-11-16-5-4-10-24-16)17-13(2)20-21(18(17)22)14-6-8-15(23-3)9-7-14/h4-10,20H,11H2,1-3H3. The van der Waals surface area contributed by atoms with Gasteiger partial charge < -0.3 is 4.74 Å². The Labute approximate surface area is 144 Å². The molecule has 5 nitrogen and oxygen atoms in total. The van der Waals surface area contributed by atoms with Gasteiger partial charge in [-0.05, 0) is 49.6 Å². The van der Waals surface area contributed by atoms with E-state index < -0.39 is 0 Å². The third-order valence-electron chi connectivity index (χ3n) is 3.82. The molecule has 3 rings (SSSR count). The number of aryl methyl sites for hydroxylation is 1. The van der Waals surface area contributed by atoms with Crippen molar-refractivity contribution in [3.8, 4) is 11.4 Å². The molecule has 1 aromatic carbocycles. The van der Waals surface area contributed by atoms with Crippen LogP contribution in [0.2, 0.25) is 0 Å². The van der Waals surface area contributed by atoms with Gasteiger partial charge in [-0.3, -0.25) is 14.9 Å². The van der Waals surface area contributed by atoms with Crippen molar-refractivity contribution in [2.24, 2.45) is 4.99 Å².